The Balaban J connectivity index is 2.69. The molecule has 0 aliphatic rings. The van der Waals surface area contributed by atoms with Crippen molar-refractivity contribution >= 4 is 28.1 Å². The van der Waals surface area contributed by atoms with Gasteiger partial charge in [-0.25, -0.2) is 0 Å². The standard InChI is InChI=1S/C9H8BrN3S/c1-6-3-2-4-7(8(6)10)13-5-11-12-9(13)14/h2-5H,1H3,(H,12,14). The molecule has 2 aromatic rings. The molecule has 0 aliphatic heterocycles. The first-order chi connectivity index (χ1) is 6.70. The van der Waals surface area contributed by atoms with Crippen molar-refractivity contribution in [2.75, 3.05) is 0 Å². The molecule has 3 nitrogen and oxygen atoms in total. The van der Waals surface area contributed by atoms with Crippen molar-refractivity contribution in [1.82, 2.24) is 14.8 Å². The van der Waals surface area contributed by atoms with E-state index in [4.69, 9.17) is 12.2 Å². The van der Waals surface area contributed by atoms with Crippen LogP contribution in [0.3, 0.4) is 0 Å². The second kappa shape index (κ2) is 3.67. The van der Waals surface area contributed by atoms with Crippen LogP contribution in [0.25, 0.3) is 5.69 Å². The molecule has 2 rings (SSSR count). The quantitative estimate of drug-likeness (QED) is 0.808. The molecule has 0 aliphatic carbocycles. The van der Waals surface area contributed by atoms with Crippen molar-refractivity contribution in [1.29, 1.82) is 0 Å². The Labute approximate surface area is 94.9 Å². The second-order valence-corrected chi connectivity index (χ2v) is 4.12. The molecule has 0 saturated heterocycles. The van der Waals surface area contributed by atoms with Gasteiger partial charge in [-0.1, -0.05) is 12.1 Å². The number of hydrogen-bond donors (Lipinski definition) is 1. The Bertz CT molecular complexity index is 515. The average molecular weight is 270 g/mol. The van der Waals surface area contributed by atoms with E-state index in [0.717, 1.165) is 10.2 Å². The van der Waals surface area contributed by atoms with Crippen LogP contribution in [0.5, 0.6) is 0 Å². The lowest BCUT2D eigenvalue weighted by molar-refractivity contribution is 1.02. The highest BCUT2D eigenvalue weighted by Crippen LogP contribution is 2.24. The van der Waals surface area contributed by atoms with E-state index in [-0.39, 0.29) is 0 Å². The van der Waals surface area contributed by atoms with E-state index >= 15 is 0 Å². The number of aromatic amines is 1. The summed E-state index contributed by atoms with van der Waals surface area (Å²) in [5, 5.41) is 6.60. The summed E-state index contributed by atoms with van der Waals surface area (Å²) in [4.78, 5) is 0. The normalized spacial score (nSPS) is 10.4. The number of hydrogen-bond acceptors (Lipinski definition) is 2. The Morgan fingerprint density at radius 1 is 1.50 bits per heavy atom. The number of H-pyrrole nitrogens is 1. The summed E-state index contributed by atoms with van der Waals surface area (Å²) in [7, 11) is 0. The highest BCUT2D eigenvalue weighted by molar-refractivity contribution is 9.10. The summed E-state index contributed by atoms with van der Waals surface area (Å²) >= 11 is 8.62. The lowest BCUT2D eigenvalue weighted by atomic mass is 10.2. The van der Waals surface area contributed by atoms with Crippen molar-refractivity contribution in [2.24, 2.45) is 0 Å². The van der Waals surface area contributed by atoms with Crippen molar-refractivity contribution < 1.29 is 0 Å². The number of rotatable bonds is 1. The molecule has 5 heteroatoms. The maximum atomic E-state index is 5.09. The Kier molecular flexibility index (Phi) is 2.52. The maximum absolute atomic E-state index is 5.09. The van der Waals surface area contributed by atoms with Crippen LogP contribution in [0.4, 0.5) is 0 Å². The monoisotopic (exact) mass is 269 g/mol. The minimum absolute atomic E-state index is 0.594. The molecule has 0 bridgehead atoms. The van der Waals surface area contributed by atoms with Crippen LogP contribution in [0.1, 0.15) is 5.56 Å². The molecule has 0 unspecified atom stereocenters. The van der Waals surface area contributed by atoms with Crippen LogP contribution in [-0.2, 0) is 0 Å². The maximum Gasteiger partial charge on any atom is 0.199 e. The van der Waals surface area contributed by atoms with Crippen LogP contribution in [0.15, 0.2) is 29.0 Å². The third-order valence-corrected chi connectivity index (χ3v) is 3.30. The third-order valence-electron chi connectivity index (χ3n) is 1.98. The fourth-order valence-electron chi connectivity index (χ4n) is 1.24. The van der Waals surface area contributed by atoms with E-state index in [9.17, 15) is 0 Å². The summed E-state index contributed by atoms with van der Waals surface area (Å²) < 4.78 is 3.46. The molecule has 72 valence electrons. The van der Waals surface area contributed by atoms with Gasteiger partial charge in [0, 0.05) is 4.47 Å². The zero-order valence-corrected chi connectivity index (χ0v) is 9.89. The first kappa shape index (κ1) is 9.61. The Morgan fingerprint density at radius 2 is 2.29 bits per heavy atom. The summed E-state index contributed by atoms with van der Waals surface area (Å²) in [6.07, 6.45) is 1.67. The van der Waals surface area contributed by atoms with Gasteiger partial charge in [0.25, 0.3) is 0 Å². The molecule has 14 heavy (non-hydrogen) atoms. The first-order valence-electron chi connectivity index (χ1n) is 4.07. The van der Waals surface area contributed by atoms with Crippen LogP contribution < -0.4 is 0 Å². The number of nitrogens with zero attached hydrogens (tertiary/aromatic N) is 2. The van der Waals surface area contributed by atoms with E-state index in [2.05, 4.69) is 26.1 Å². The summed E-state index contributed by atoms with van der Waals surface area (Å²) in [6, 6.07) is 6.02. The summed E-state index contributed by atoms with van der Waals surface area (Å²) in [5.41, 5.74) is 2.18. The Morgan fingerprint density at radius 3 is 2.93 bits per heavy atom. The number of nitrogens with one attached hydrogen (secondary N) is 1. The molecule has 1 heterocycles. The topological polar surface area (TPSA) is 33.6 Å². The molecule has 1 aromatic carbocycles. The molecular formula is C9H8BrN3S. The highest BCUT2D eigenvalue weighted by atomic mass is 79.9. The minimum Gasteiger partial charge on any atom is -0.274 e. The molecule has 0 atom stereocenters. The fraction of sp³-hybridized carbons (Fsp3) is 0.111. The molecule has 1 aromatic heterocycles. The Hall–Kier alpha value is -0.940. The first-order valence-corrected chi connectivity index (χ1v) is 5.28. The van der Waals surface area contributed by atoms with Gasteiger partial charge in [-0.2, -0.15) is 5.10 Å². The largest absolute Gasteiger partial charge is 0.274 e. The van der Waals surface area contributed by atoms with Gasteiger partial charge in [0.05, 0.1) is 5.69 Å². The zero-order chi connectivity index (χ0) is 10.1. The zero-order valence-electron chi connectivity index (χ0n) is 7.49. The van der Waals surface area contributed by atoms with Gasteiger partial charge in [-0.3, -0.25) is 9.67 Å². The van der Waals surface area contributed by atoms with Gasteiger partial charge in [0.15, 0.2) is 4.77 Å². The van der Waals surface area contributed by atoms with Gasteiger partial charge in [-0.15, -0.1) is 0 Å². The lowest BCUT2D eigenvalue weighted by Crippen LogP contribution is -1.94. The molecule has 0 saturated carbocycles. The van der Waals surface area contributed by atoms with E-state index < -0.39 is 0 Å². The van der Waals surface area contributed by atoms with Crippen molar-refractivity contribution in [2.45, 2.75) is 6.92 Å². The van der Waals surface area contributed by atoms with E-state index in [1.165, 1.54) is 5.56 Å². The van der Waals surface area contributed by atoms with E-state index in [1.54, 1.807) is 6.33 Å². The van der Waals surface area contributed by atoms with Crippen LogP contribution in [0.2, 0.25) is 0 Å². The molecular weight excluding hydrogens is 262 g/mol. The third kappa shape index (κ3) is 1.53. The summed E-state index contributed by atoms with van der Waals surface area (Å²) in [6.45, 7) is 2.04. The van der Waals surface area contributed by atoms with Crippen LogP contribution in [-0.4, -0.2) is 14.8 Å². The van der Waals surface area contributed by atoms with Crippen molar-refractivity contribution in [3.63, 3.8) is 0 Å². The van der Waals surface area contributed by atoms with Gasteiger partial charge >= 0.3 is 0 Å². The number of benzene rings is 1. The molecule has 0 radical (unpaired) electrons. The molecule has 0 fully saturated rings. The lowest BCUT2D eigenvalue weighted by Gasteiger charge is -2.06. The number of aryl methyl sites for hydroxylation is 1. The molecule has 0 amide bonds. The van der Waals surface area contributed by atoms with Crippen molar-refractivity contribution in [3.8, 4) is 5.69 Å². The SMILES string of the molecule is Cc1cccc(-n2cn[nH]c2=S)c1Br. The van der Waals surface area contributed by atoms with Gasteiger partial charge in [0.2, 0.25) is 0 Å². The van der Waals surface area contributed by atoms with Gasteiger partial charge in [-0.05, 0) is 46.7 Å². The second-order valence-electron chi connectivity index (χ2n) is 2.94. The minimum atomic E-state index is 0.594. The van der Waals surface area contributed by atoms with Gasteiger partial charge < -0.3 is 0 Å². The van der Waals surface area contributed by atoms with Crippen LogP contribution in [0, 0.1) is 11.7 Å². The van der Waals surface area contributed by atoms with Crippen molar-refractivity contribution in [3.05, 3.63) is 39.3 Å². The highest BCUT2D eigenvalue weighted by Gasteiger charge is 2.04. The predicted octanol–water partition coefficient (Wildman–Crippen LogP) is 3.00. The average Bonchev–Trinajstić information content (AvgIpc) is 2.57. The van der Waals surface area contributed by atoms with E-state index in [0.29, 0.717) is 4.77 Å². The summed E-state index contributed by atoms with van der Waals surface area (Å²) in [5.74, 6) is 0. The smallest absolute Gasteiger partial charge is 0.199 e. The predicted molar refractivity (Wildman–Crippen MR) is 61.2 cm³/mol. The fourth-order valence-corrected chi connectivity index (χ4v) is 1.89. The number of halogens is 1. The van der Waals surface area contributed by atoms with Crippen LogP contribution >= 0.6 is 28.1 Å². The van der Waals surface area contributed by atoms with Gasteiger partial charge in [0.1, 0.15) is 6.33 Å². The van der Waals surface area contributed by atoms with E-state index in [1.807, 2.05) is 29.7 Å². The molecule has 1 N–H and O–H groups in total. The number of aromatic nitrogens is 3. The molecule has 0 spiro atoms.